The second kappa shape index (κ2) is 23.8. The van der Waals surface area contributed by atoms with E-state index >= 15 is 0 Å². The minimum absolute atomic E-state index is 0.0367. The molecule has 0 saturated heterocycles. The highest BCUT2D eigenvalue weighted by atomic mass is 15.1. The van der Waals surface area contributed by atoms with Crippen molar-refractivity contribution in [1.82, 2.24) is 13.7 Å². The van der Waals surface area contributed by atoms with Crippen LogP contribution >= 0.6 is 0 Å². The Bertz CT molecular complexity index is 4850. The molecule has 0 bridgehead atoms. The lowest BCUT2D eigenvalue weighted by atomic mass is 9.85. The van der Waals surface area contributed by atoms with Crippen molar-refractivity contribution in [2.24, 2.45) is 0 Å². The molecule has 0 saturated carbocycles. The largest absolute Gasteiger partial charge is 0.311 e. The van der Waals surface area contributed by atoms with E-state index in [0.717, 1.165) is 50.8 Å². The van der Waals surface area contributed by atoms with Crippen LogP contribution in [0, 0.1) is 0 Å². The van der Waals surface area contributed by atoms with Gasteiger partial charge in [-0.15, -0.1) is 0 Å². The van der Waals surface area contributed by atoms with E-state index in [1.807, 2.05) is 0 Å². The lowest BCUT2D eigenvalue weighted by molar-refractivity contribution is 0.590. The third kappa shape index (κ3) is 11.9. The molecule has 15 aromatic rings. The van der Waals surface area contributed by atoms with Gasteiger partial charge in [0.15, 0.2) is 0 Å². The zero-order chi connectivity index (χ0) is 70.3. The van der Waals surface area contributed by atoms with E-state index in [-0.39, 0.29) is 32.5 Å². The molecule has 4 heteroatoms. The van der Waals surface area contributed by atoms with Crippen LogP contribution in [0.2, 0.25) is 0 Å². The van der Waals surface area contributed by atoms with Crippen LogP contribution in [-0.4, -0.2) is 13.7 Å². The zero-order valence-corrected chi connectivity index (χ0v) is 62.0. The first-order chi connectivity index (χ1) is 47.3. The summed E-state index contributed by atoms with van der Waals surface area (Å²) in [7, 11) is 0. The molecule has 0 radical (unpaired) electrons. The third-order valence-electron chi connectivity index (χ3n) is 21.2. The van der Waals surface area contributed by atoms with Gasteiger partial charge in [-0.2, -0.15) is 0 Å². The number of aromatic nitrogens is 3. The van der Waals surface area contributed by atoms with E-state index in [9.17, 15) is 0 Å². The molecule has 15 rings (SSSR count). The first kappa shape index (κ1) is 65.8. The van der Waals surface area contributed by atoms with Crippen LogP contribution in [0.4, 0.5) is 17.1 Å². The van der Waals surface area contributed by atoms with Crippen molar-refractivity contribution in [2.75, 3.05) is 4.90 Å². The lowest BCUT2D eigenvalue weighted by Gasteiger charge is -2.26. The number of hydrogen-bond donors (Lipinski definition) is 0. The summed E-state index contributed by atoms with van der Waals surface area (Å²) in [6.45, 7) is 41.5. The maximum absolute atomic E-state index is 2.45. The molecule has 3 heterocycles. The summed E-state index contributed by atoms with van der Waals surface area (Å²) in [5.74, 6) is 0. The van der Waals surface area contributed by atoms with Crippen molar-refractivity contribution in [3.63, 3.8) is 0 Å². The molecule has 0 aliphatic rings. The summed E-state index contributed by atoms with van der Waals surface area (Å²) in [5, 5.41) is 7.79. The average molecular weight is 1310 g/mol. The Labute approximate surface area is 593 Å². The fourth-order valence-electron chi connectivity index (χ4n) is 15.0. The van der Waals surface area contributed by atoms with E-state index in [1.54, 1.807) is 0 Å². The van der Waals surface area contributed by atoms with Crippen molar-refractivity contribution < 1.29 is 0 Å². The Morgan fingerprint density at radius 2 is 0.330 bits per heavy atom. The summed E-state index contributed by atoms with van der Waals surface area (Å²) >= 11 is 0. The van der Waals surface area contributed by atoms with Crippen molar-refractivity contribution in [3.8, 4) is 50.4 Å². The van der Waals surface area contributed by atoms with Gasteiger partial charge in [-0.3, -0.25) is 0 Å². The van der Waals surface area contributed by atoms with Gasteiger partial charge >= 0.3 is 0 Å². The number of anilines is 3. The number of fused-ring (bicyclic) bond motifs is 9. The summed E-state index contributed by atoms with van der Waals surface area (Å²) in [6, 6.07) is 97.2. The molecule has 0 unspecified atom stereocenters. The molecule has 0 N–H and O–H groups in total. The van der Waals surface area contributed by atoms with Gasteiger partial charge in [-0.25, -0.2) is 0 Å². The summed E-state index contributed by atoms with van der Waals surface area (Å²) in [6.07, 6.45) is 0. The fraction of sp³-hybridized carbons (Fsp3) is 0.250. The van der Waals surface area contributed by atoms with Crippen molar-refractivity contribution >= 4 is 82.5 Å². The van der Waals surface area contributed by atoms with E-state index in [4.69, 9.17) is 0 Å². The van der Waals surface area contributed by atoms with Gasteiger partial charge in [0.1, 0.15) is 0 Å². The molecule has 500 valence electrons. The molecule has 100 heavy (non-hydrogen) atoms. The van der Waals surface area contributed by atoms with Gasteiger partial charge in [0.2, 0.25) is 0 Å². The highest BCUT2D eigenvalue weighted by Crippen LogP contribution is 2.44. The number of nitrogens with zero attached hydrogens (tertiary/aromatic N) is 4. The number of hydrogen-bond acceptors (Lipinski definition) is 1. The van der Waals surface area contributed by atoms with Crippen molar-refractivity contribution in [2.45, 2.75) is 157 Å². The van der Waals surface area contributed by atoms with Gasteiger partial charge in [0.05, 0.1) is 33.1 Å². The van der Waals surface area contributed by atoms with Crippen LogP contribution in [-0.2, 0) is 32.5 Å². The molecule has 0 aliphatic carbocycles. The van der Waals surface area contributed by atoms with Gasteiger partial charge in [0, 0.05) is 66.4 Å². The number of rotatable bonds is 9. The molecule has 3 aromatic heterocycles. The normalized spacial score (nSPS) is 12.9. The molecule has 0 fully saturated rings. The Hall–Kier alpha value is -10.2. The minimum atomic E-state index is 0.0367. The molecular formula is C96H96N4. The van der Waals surface area contributed by atoms with Crippen LogP contribution in [0.1, 0.15) is 158 Å². The maximum atomic E-state index is 2.45. The Balaban J connectivity index is 0.768. The Morgan fingerprint density at radius 3 is 0.480 bits per heavy atom. The van der Waals surface area contributed by atoms with Crippen LogP contribution in [0.5, 0.6) is 0 Å². The van der Waals surface area contributed by atoms with Crippen molar-refractivity contribution in [3.05, 3.63) is 288 Å². The van der Waals surface area contributed by atoms with Gasteiger partial charge in [0.25, 0.3) is 0 Å². The first-order valence-electron chi connectivity index (χ1n) is 36.0. The van der Waals surface area contributed by atoms with E-state index < -0.39 is 0 Å². The average Bonchev–Trinajstić information content (AvgIpc) is 1.61. The molecule has 4 nitrogen and oxygen atoms in total. The monoisotopic (exact) mass is 1300 g/mol. The smallest absolute Gasteiger partial charge is 0.0541 e. The molecule has 0 atom stereocenters. The maximum Gasteiger partial charge on any atom is 0.0541 e. The van der Waals surface area contributed by atoms with Gasteiger partial charge < -0.3 is 18.6 Å². The van der Waals surface area contributed by atoms with Gasteiger partial charge in [-0.1, -0.05) is 234 Å². The summed E-state index contributed by atoms with van der Waals surface area (Å²) < 4.78 is 7.34. The fourth-order valence-corrected chi connectivity index (χ4v) is 15.0. The van der Waals surface area contributed by atoms with Gasteiger partial charge in [-0.05, 0) is 245 Å². The Kier molecular flexibility index (Phi) is 15.6. The SMILES string of the molecule is CC(C)(C)c1ccc2c(c1)c1cc(C(C)(C)C)ccc1n2-c1ccc(-c2ccc(N(c3ccc(-c4ccc(-n5c6ccc(C(C)(C)C)cc6c6cc(C(C)(C)C)ccc65)cc4)cc3)c3ccc(-c4ccc(-n5c6ccc(C(C)(C)C)cc6c6cc(C(C)(C)C)ccc65)cc4)cc3)cc2)cc1. The van der Waals surface area contributed by atoms with Crippen LogP contribution in [0.3, 0.4) is 0 Å². The minimum Gasteiger partial charge on any atom is -0.311 e. The topological polar surface area (TPSA) is 18.0 Å². The molecular weight excluding hydrogens is 1210 g/mol. The zero-order valence-electron chi connectivity index (χ0n) is 62.0. The van der Waals surface area contributed by atoms with E-state index in [1.165, 1.54) is 115 Å². The quantitative estimate of drug-likeness (QED) is 0.141. The first-order valence-corrected chi connectivity index (χ1v) is 36.0. The highest BCUT2D eigenvalue weighted by molar-refractivity contribution is 6.12. The predicted molar refractivity (Wildman–Crippen MR) is 433 cm³/mol. The third-order valence-corrected chi connectivity index (χ3v) is 21.2. The van der Waals surface area contributed by atoms with Crippen LogP contribution in [0.25, 0.3) is 116 Å². The summed E-state index contributed by atoms with van der Waals surface area (Å²) in [5.41, 5.74) is 29.3. The van der Waals surface area contributed by atoms with Crippen LogP contribution < -0.4 is 4.90 Å². The Morgan fingerprint density at radius 1 is 0.180 bits per heavy atom. The van der Waals surface area contributed by atoms with Crippen LogP contribution in [0.15, 0.2) is 255 Å². The van der Waals surface area contributed by atoms with E-state index in [2.05, 4.69) is 398 Å². The number of benzene rings is 12. The van der Waals surface area contributed by atoms with Crippen molar-refractivity contribution in [1.29, 1.82) is 0 Å². The summed E-state index contributed by atoms with van der Waals surface area (Å²) in [4.78, 5) is 2.39. The molecule has 0 amide bonds. The molecule has 0 spiro atoms. The standard InChI is InChI=1S/C96H96N4/c1-91(2,3)67-31-49-85-79(55-67)80-56-68(92(4,5)6)32-50-86(80)98(85)76-43-25-64(26-44-76)61-19-37-73(38-20-61)97(74-39-21-62(22-40-74)65-27-45-77(46-28-65)99-87-51-33-69(93(7,8)9)57-81(87)82-58-70(94(10,11)12)34-52-88(82)99)75-41-23-63(24-42-75)66-29-47-78(48-30-66)100-89-53-35-71(95(13,14)15)59-83(89)84-60-72(96(16,17)18)36-54-90(84)100/h19-60H,1-18H3. The second-order valence-electron chi connectivity index (χ2n) is 34.5. The molecule has 0 aliphatic heterocycles. The lowest BCUT2D eigenvalue weighted by Crippen LogP contribution is -2.10. The molecule has 12 aromatic carbocycles. The highest BCUT2D eigenvalue weighted by Gasteiger charge is 2.26. The van der Waals surface area contributed by atoms with E-state index in [0.29, 0.717) is 0 Å². The second-order valence-corrected chi connectivity index (χ2v) is 34.5. The predicted octanol–water partition coefficient (Wildman–Crippen LogP) is 27.2.